The van der Waals surface area contributed by atoms with Gasteiger partial charge in [-0.05, 0) is 24.4 Å². The van der Waals surface area contributed by atoms with Gasteiger partial charge < -0.3 is 10.6 Å². The second kappa shape index (κ2) is 5.71. The number of nitrogens with one attached hydrogen (secondary N) is 2. The summed E-state index contributed by atoms with van der Waals surface area (Å²) in [6.07, 6.45) is 4.24. The Kier molecular flexibility index (Phi) is 4.24. The molecular formula is C11H14Cl2N4O. The van der Waals surface area contributed by atoms with Crippen molar-refractivity contribution in [3.63, 3.8) is 0 Å². The Labute approximate surface area is 115 Å². The van der Waals surface area contributed by atoms with Crippen molar-refractivity contribution >= 4 is 34.9 Å². The van der Waals surface area contributed by atoms with Crippen molar-refractivity contribution < 1.29 is 4.79 Å². The van der Waals surface area contributed by atoms with Crippen molar-refractivity contribution in [3.8, 4) is 0 Å². The minimum absolute atomic E-state index is 0.0356. The highest BCUT2D eigenvalue weighted by molar-refractivity contribution is 6.33. The van der Waals surface area contributed by atoms with Crippen LogP contribution in [0.2, 0.25) is 10.3 Å². The van der Waals surface area contributed by atoms with Gasteiger partial charge in [-0.1, -0.05) is 18.0 Å². The van der Waals surface area contributed by atoms with Crippen LogP contribution in [-0.4, -0.2) is 29.0 Å². The molecular weight excluding hydrogens is 275 g/mol. The quantitative estimate of drug-likeness (QED) is 0.836. The number of halogens is 2. The van der Waals surface area contributed by atoms with Crippen molar-refractivity contribution in [2.24, 2.45) is 5.92 Å². The molecule has 7 heteroatoms. The highest BCUT2D eigenvalue weighted by atomic mass is 35.5. The van der Waals surface area contributed by atoms with Gasteiger partial charge in [0.25, 0.3) is 0 Å². The summed E-state index contributed by atoms with van der Waals surface area (Å²) in [6, 6.07) is 0.0356. The summed E-state index contributed by atoms with van der Waals surface area (Å²) in [4.78, 5) is 19.5. The molecule has 0 bridgehead atoms. The molecule has 2 N–H and O–H groups in total. The molecule has 0 saturated heterocycles. The molecule has 1 aliphatic rings. The summed E-state index contributed by atoms with van der Waals surface area (Å²) in [5.74, 6) is 0.471. The van der Waals surface area contributed by atoms with Crippen molar-refractivity contribution in [1.82, 2.24) is 15.3 Å². The molecule has 0 aliphatic heterocycles. The van der Waals surface area contributed by atoms with E-state index in [0.29, 0.717) is 10.8 Å². The molecule has 0 radical (unpaired) electrons. The van der Waals surface area contributed by atoms with Gasteiger partial charge >= 0.3 is 0 Å². The highest BCUT2D eigenvalue weighted by Gasteiger charge is 2.32. The number of nitrogens with zero attached hydrogens (tertiary/aromatic N) is 2. The summed E-state index contributed by atoms with van der Waals surface area (Å²) >= 11 is 11.7. The maximum absolute atomic E-state index is 11.7. The average Bonchev–Trinajstić information content (AvgIpc) is 2.81. The maximum atomic E-state index is 11.7. The Bertz CT molecular complexity index is 455. The molecule has 1 saturated carbocycles. The van der Waals surface area contributed by atoms with Crippen LogP contribution in [0.4, 0.5) is 5.82 Å². The van der Waals surface area contributed by atoms with E-state index in [1.165, 1.54) is 6.20 Å². The second-order valence-corrected chi connectivity index (χ2v) is 4.98. The van der Waals surface area contributed by atoms with Crippen molar-refractivity contribution in [1.29, 1.82) is 0 Å². The first-order valence-corrected chi connectivity index (χ1v) is 6.53. The van der Waals surface area contributed by atoms with Crippen LogP contribution in [0.1, 0.15) is 19.3 Å². The third kappa shape index (κ3) is 2.84. The van der Waals surface area contributed by atoms with E-state index in [9.17, 15) is 4.79 Å². The summed E-state index contributed by atoms with van der Waals surface area (Å²) in [7, 11) is 1.65. The molecule has 0 unspecified atom stereocenters. The van der Waals surface area contributed by atoms with E-state index in [-0.39, 0.29) is 23.2 Å². The molecule has 1 heterocycles. The zero-order chi connectivity index (χ0) is 13.1. The molecule has 1 aromatic rings. The van der Waals surface area contributed by atoms with Crippen molar-refractivity contribution in [2.75, 3.05) is 12.4 Å². The predicted octanol–water partition coefficient (Wildman–Crippen LogP) is 2.11. The molecule has 1 aromatic heterocycles. The first-order valence-electron chi connectivity index (χ1n) is 5.78. The Morgan fingerprint density at radius 1 is 1.44 bits per heavy atom. The number of aromatic nitrogens is 2. The number of rotatable bonds is 3. The van der Waals surface area contributed by atoms with E-state index in [4.69, 9.17) is 23.2 Å². The standard InChI is InChI=1S/C11H14Cl2N4O/c1-14-10(18)6-3-2-4-8(6)16-9-7(12)5-15-11(13)17-9/h5-6,8H,2-4H2,1H3,(H,14,18)(H,15,16,17)/t6-,8+/m1/s1. The predicted molar refractivity (Wildman–Crippen MR) is 70.9 cm³/mol. The molecule has 1 fully saturated rings. The molecule has 18 heavy (non-hydrogen) atoms. The number of amides is 1. The average molecular weight is 289 g/mol. The van der Waals surface area contributed by atoms with Crippen LogP contribution in [0.15, 0.2) is 6.20 Å². The fraction of sp³-hybridized carbons (Fsp3) is 0.545. The summed E-state index contributed by atoms with van der Waals surface area (Å²) < 4.78 is 0. The van der Waals surface area contributed by atoms with E-state index in [0.717, 1.165) is 19.3 Å². The molecule has 1 aliphatic carbocycles. The first kappa shape index (κ1) is 13.4. The number of anilines is 1. The first-order chi connectivity index (χ1) is 8.61. The van der Waals surface area contributed by atoms with Gasteiger partial charge in [-0.2, -0.15) is 4.98 Å². The van der Waals surface area contributed by atoms with E-state index in [1.54, 1.807) is 7.05 Å². The number of carbonyl (C=O) groups excluding carboxylic acids is 1. The summed E-state index contributed by atoms with van der Waals surface area (Å²) in [5, 5.41) is 6.41. The van der Waals surface area contributed by atoms with Crippen LogP contribution in [0.5, 0.6) is 0 Å². The Hall–Kier alpha value is -1.07. The van der Waals surface area contributed by atoms with E-state index < -0.39 is 0 Å². The van der Waals surface area contributed by atoms with Gasteiger partial charge in [0.1, 0.15) is 10.8 Å². The molecule has 2 rings (SSSR count). The van der Waals surface area contributed by atoms with Gasteiger partial charge in [0.15, 0.2) is 0 Å². The molecule has 5 nitrogen and oxygen atoms in total. The number of carbonyl (C=O) groups is 1. The lowest BCUT2D eigenvalue weighted by Gasteiger charge is -2.20. The van der Waals surface area contributed by atoms with Crippen LogP contribution in [0, 0.1) is 5.92 Å². The second-order valence-electron chi connectivity index (χ2n) is 4.24. The van der Waals surface area contributed by atoms with Gasteiger partial charge in [0.05, 0.1) is 12.1 Å². The fourth-order valence-corrected chi connectivity index (χ4v) is 2.53. The lowest BCUT2D eigenvalue weighted by molar-refractivity contribution is -0.124. The summed E-state index contributed by atoms with van der Waals surface area (Å²) in [5.41, 5.74) is 0. The van der Waals surface area contributed by atoms with Gasteiger partial charge in [-0.25, -0.2) is 4.98 Å². The van der Waals surface area contributed by atoms with Crippen LogP contribution in [0.3, 0.4) is 0 Å². The Morgan fingerprint density at radius 3 is 2.94 bits per heavy atom. The largest absolute Gasteiger partial charge is 0.365 e. The maximum Gasteiger partial charge on any atom is 0.224 e. The fourth-order valence-electron chi connectivity index (χ4n) is 2.25. The van der Waals surface area contributed by atoms with E-state index in [2.05, 4.69) is 20.6 Å². The number of hydrogen-bond acceptors (Lipinski definition) is 4. The van der Waals surface area contributed by atoms with Gasteiger partial charge in [-0.3, -0.25) is 4.79 Å². The van der Waals surface area contributed by atoms with Crippen molar-refractivity contribution in [3.05, 3.63) is 16.5 Å². The van der Waals surface area contributed by atoms with Gasteiger partial charge in [0, 0.05) is 13.1 Å². The Morgan fingerprint density at radius 2 is 2.22 bits per heavy atom. The molecule has 2 atom stereocenters. The van der Waals surface area contributed by atoms with Gasteiger partial charge in [0.2, 0.25) is 11.2 Å². The molecule has 1 amide bonds. The van der Waals surface area contributed by atoms with Crippen LogP contribution < -0.4 is 10.6 Å². The lowest BCUT2D eigenvalue weighted by atomic mass is 10.0. The SMILES string of the molecule is CNC(=O)[C@@H]1CCC[C@@H]1Nc1nc(Cl)ncc1Cl. The third-order valence-electron chi connectivity index (χ3n) is 3.14. The Balaban J connectivity index is 2.13. The third-order valence-corrected chi connectivity index (χ3v) is 3.59. The normalized spacial score (nSPS) is 22.8. The zero-order valence-corrected chi connectivity index (χ0v) is 11.4. The smallest absolute Gasteiger partial charge is 0.224 e. The van der Waals surface area contributed by atoms with Gasteiger partial charge in [-0.15, -0.1) is 0 Å². The minimum atomic E-state index is -0.0557. The molecule has 0 aromatic carbocycles. The topological polar surface area (TPSA) is 66.9 Å². The van der Waals surface area contributed by atoms with E-state index in [1.807, 2.05) is 0 Å². The van der Waals surface area contributed by atoms with Crippen molar-refractivity contribution in [2.45, 2.75) is 25.3 Å². The number of hydrogen-bond donors (Lipinski definition) is 2. The monoisotopic (exact) mass is 288 g/mol. The highest BCUT2D eigenvalue weighted by Crippen LogP contribution is 2.30. The van der Waals surface area contributed by atoms with Crippen LogP contribution >= 0.6 is 23.2 Å². The van der Waals surface area contributed by atoms with Crippen LogP contribution in [0.25, 0.3) is 0 Å². The summed E-state index contributed by atoms with van der Waals surface area (Å²) in [6.45, 7) is 0. The molecule has 98 valence electrons. The zero-order valence-electron chi connectivity index (χ0n) is 9.91. The molecule has 0 spiro atoms. The van der Waals surface area contributed by atoms with E-state index >= 15 is 0 Å². The minimum Gasteiger partial charge on any atom is -0.365 e. The lowest BCUT2D eigenvalue weighted by Crippen LogP contribution is -2.36. The van der Waals surface area contributed by atoms with Crippen LogP contribution in [-0.2, 0) is 4.79 Å².